The summed E-state index contributed by atoms with van der Waals surface area (Å²) in [5.41, 5.74) is 0.745. The fraction of sp³-hybridized carbons (Fsp3) is 0.632. The zero-order valence-corrected chi connectivity index (χ0v) is 15.8. The van der Waals surface area contributed by atoms with E-state index in [9.17, 15) is 4.79 Å². The standard InChI is InChI=1S/C19H31N3O3/c1-15(2)11-22-8-9-25-18(13-22)12-21(3)14-19(23)20-16-6-5-7-17(10-16)24-4/h5-7,10,15,18H,8-9,11-14H2,1-4H3,(H,20,23)/t18-/m1/s1. The Morgan fingerprint density at radius 3 is 3.00 bits per heavy atom. The van der Waals surface area contributed by atoms with E-state index >= 15 is 0 Å². The number of hydrogen-bond donors (Lipinski definition) is 1. The highest BCUT2D eigenvalue weighted by molar-refractivity contribution is 5.92. The average Bonchev–Trinajstić information content (AvgIpc) is 2.54. The topological polar surface area (TPSA) is 54.0 Å². The van der Waals surface area contributed by atoms with Gasteiger partial charge in [0.15, 0.2) is 0 Å². The molecule has 1 aromatic carbocycles. The molecule has 140 valence electrons. The smallest absolute Gasteiger partial charge is 0.238 e. The van der Waals surface area contributed by atoms with Gasteiger partial charge in [-0.3, -0.25) is 14.6 Å². The first-order valence-electron chi connectivity index (χ1n) is 8.92. The number of anilines is 1. The van der Waals surface area contributed by atoms with Crippen LogP contribution in [0.4, 0.5) is 5.69 Å². The van der Waals surface area contributed by atoms with E-state index in [2.05, 4.69) is 24.1 Å². The first-order valence-corrected chi connectivity index (χ1v) is 8.92. The molecule has 1 fully saturated rings. The molecule has 1 N–H and O–H groups in total. The predicted octanol–water partition coefficient (Wildman–Crippen LogP) is 1.92. The number of morpholine rings is 1. The summed E-state index contributed by atoms with van der Waals surface area (Å²) in [6.45, 7) is 9.34. The summed E-state index contributed by atoms with van der Waals surface area (Å²) >= 11 is 0. The van der Waals surface area contributed by atoms with Gasteiger partial charge in [-0.2, -0.15) is 0 Å². The van der Waals surface area contributed by atoms with Gasteiger partial charge in [0.05, 0.1) is 26.4 Å². The lowest BCUT2D eigenvalue weighted by Crippen LogP contribution is -2.48. The summed E-state index contributed by atoms with van der Waals surface area (Å²) in [5.74, 6) is 1.35. The highest BCUT2D eigenvalue weighted by Gasteiger charge is 2.22. The molecule has 1 aliphatic rings. The van der Waals surface area contributed by atoms with E-state index in [0.29, 0.717) is 12.5 Å². The quantitative estimate of drug-likeness (QED) is 0.777. The molecule has 0 bridgehead atoms. The van der Waals surface area contributed by atoms with Gasteiger partial charge < -0.3 is 14.8 Å². The van der Waals surface area contributed by atoms with Crippen LogP contribution in [0.1, 0.15) is 13.8 Å². The minimum Gasteiger partial charge on any atom is -0.497 e. The van der Waals surface area contributed by atoms with Crippen molar-refractivity contribution in [2.75, 3.05) is 58.8 Å². The third-order valence-corrected chi connectivity index (χ3v) is 4.13. The van der Waals surface area contributed by atoms with E-state index in [1.807, 2.05) is 36.2 Å². The lowest BCUT2D eigenvalue weighted by atomic mass is 10.1. The molecule has 0 aliphatic carbocycles. The van der Waals surface area contributed by atoms with Crippen LogP contribution < -0.4 is 10.1 Å². The van der Waals surface area contributed by atoms with Gasteiger partial charge >= 0.3 is 0 Å². The van der Waals surface area contributed by atoms with Gasteiger partial charge in [0.2, 0.25) is 5.91 Å². The van der Waals surface area contributed by atoms with Crippen molar-refractivity contribution in [3.05, 3.63) is 24.3 Å². The van der Waals surface area contributed by atoms with Crippen molar-refractivity contribution in [3.63, 3.8) is 0 Å². The van der Waals surface area contributed by atoms with E-state index in [1.165, 1.54) is 0 Å². The van der Waals surface area contributed by atoms with Crippen LogP contribution in [-0.4, -0.2) is 75.3 Å². The Hall–Kier alpha value is -1.63. The number of rotatable bonds is 8. The Bertz CT molecular complexity index is 550. The van der Waals surface area contributed by atoms with Crippen LogP contribution in [0.25, 0.3) is 0 Å². The summed E-state index contributed by atoms with van der Waals surface area (Å²) in [7, 11) is 3.57. The summed E-state index contributed by atoms with van der Waals surface area (Å²) in [4.78, 5) is 16.7. The number of benzene rings is 1. The molecule has 0 saturated carbocycles. The van der Waals surface area contributed by atoms with Crippen LogP contribution in [0.2, 0.25) is 0 Å². The molecule has 25 heavy (non-hydrogen) atoms. The lowest BCUT2D eigenvalue weighted by Gasteiger charge is -2.35. The van der Waals surface area contributed by atoms with Gasteiger partial charge in [-0.25, -0.2) is 0 Å². The number of amides is 1. The molecule has 0 radical (unpaired) electrons. The molecule has 6 nitrogen and oxygen atoms in total. The van der Waals surface area contributed by atoms with Gasteiger partial charge in [0, 0.05) is 37.9 Å². The largest absolute Gasteiger partial charge is 0.497 e. The van der Waals surface area contributed by atoms with Crippen molar-refractivity contribution in [2.45, 2.75) is 20.0 Å². The van der Waals surface area contributed by atoms with E-state index < -0.39 is 0 Å². The summed E-state index contributed by atoms with van der Waals surface area (Å²) < 4.78 is 11.0. The van der Waals surface area contributed by atoms with Crippen molar-refractivity contribution in [1.82, 2.24) is 9.80 Å². The van der Waals surface area contributed by atoms with Gasteiger partial charge in [0.1, 0.15) is 5.75 Å². The van der Waals surface area contributed by atoms with Crippen LogP contribution in [0, 0.1) is 5.92 Å². The molecule has 0 spiro atoms. The second-order valence-corrected chi connectivity index (χ2v) is 7.12. The number of ether oxygens (including phenoxy) is 2. The highest BCUT2D eigenvalue weighted by atomic mass is 16.5. The van der Waals surface area contributed by atoms with Gasteiger partial charge in [0.25, 0.3) is 0 Å². The van der Waals surface area contributed by atoms with Crippen LogP contribution in [0.15, 0.2) is 24.3 Å². The van der Waals surface area contributed by atoms with Gasteiger partial charge in [-0.15, -0.1) is 0 Å². The van der Waals surface area contributed by atoms with Crippen molar-refractivity contribution in [1.29, 1.82) is 0 Å². The molecule has 0 unspecified atom stereocenters. The fourth-order valence-corrected chi connectivity index (χ4v) is 3.13. The zero-order valence-electron chi connectivity index (χ0n) is 15.8. The molecule has 0 aromatic heterocycles. The third kappa shape index (κ3) is 7.02. The Labute approximate surface area is 151 Å². The minimum absolute atomic E-state index is 0.0365. The van der Waals surface area contributed by atoms with Crippen LogP contribution in [-0.2, 0) is 9.53 Å². The monoisotopic (exact) mass is 349 g/mol. The number of carbonyl (C=O) groups excluding carboxylic acids is 1. The molecule has 1 saturated heterocycles. The normalized spacial score (nSPS) is 18.6. The number of hydrogen-bond acceptors (Lipinski definition) is 5. The lowest BCUT2D eigenvalue weighted by molar-refractivity contribution is -0.117. The van der Waals surface area contributed by atoms with Crippen molar-refractivity contribution in [3.8, 4) is 5.75 Å². The SMILES string of the molecule is COc1cccc(NC(=O)CN(C)C[C@@H]2CN(CC(C)C)CCO2)c1. The molecule has 1 aliphatic heterocycles. The summed E-state index contributed by atoms with van der Waals surface area (Å²) in [6, 6.07) is 7.38. The first kappa shape index (κ1) is 19.7. The van der Waals surface area contributed by atoms with Crippen molar-refractivity contribution >= 4 is 11.6 Å². The minimum atomic E-state index is -0.0365. The van der Waals surface area contributed by atoms with Crippen molar-refractivity contribution < 1.29 is 14.3 Å². The average molecular weight is 349 g/mol. The number of nitrogens with one attached hydrogen (secondary N) is 1. The molecule has 1 heterocycles. The van der Waals surface area contributed by atoms with E-state index in [0.717, 1.165) is 44.2 Å². The highest BCUT2D eigenvalue weighted by Crippen LogP contribution is 2.16. The van der Waals surface area contributed by atoms with Crippen LogP contribution in [0.3, 0.4) is 0 Å². The van der Waals surface area contributed by atoms with Crippen LogP contribution >= 0.6 is 0 Å². The second kappa shape index (κ2) is 9.75. The predicted molar refractivity (Wildman–Crippen MR) is 100 cm³/mol. The van der Waals surface area contributed by atoms with Gasteiger partial charge in [-0.05, 0) is 25.1 Å². The van der Waals surface area contributed by atoms with E-state index in [1.54, 1.807) is 7.11 Å². The maximum atomic E-state index is 12.2. The fourth-order valence-electron chi connectivity index (χ4n) is 3.13. The Balaban J connectivity index is 1.76. The summed E-state index contributed by atoms with van der Waals surface area (Å²) in [5, 5.41) is 2.91. The van der Waals surface area contributed by atoms with Crippen LogP contribution in [0.5, 0.6) is 5.75 Å². The second-order valence-electron chi connectivity index (χ2n) is 7.12. The molecule has 2 rings (SSSR count). The molecule has 6 heteroatoms. The number of carbonyl (C=O) groups is 1. The summed E-state index contributed by atoms with van der Waals surface area (Å²) in [6.07, 6.45) is 0.155. The number of nitrogens with zero attached hydrogens (tertiary/aromatic N) is 2. The molecule has 1 amide bonds. The number of likely N-dealkylation sites (N-methyl/N-ethyl adjacent to an activating group) is 1. The molecular formula is C19H31N3O3. The zero-order chi connectivity index (χ0) is 18.2. The maximum Gasteiger partial charge on any atom is 0.238 e. The Kier molecular flexibility index (Phi) is 7.68. The van der Waals surface area contributed by atoms with E-state index in [-0.39, 0.29) is 12.0 Å². The molecular weight excluding hydrogens is 318 g/mol. The molecule has 1 atom stereocenters. The Morgan fingerprint density at radius 2 is 2.28 bits per heavy atom. The molecule has 1 aromatic rings. The Morgan fingerprint density at radius 1 is 1.48 bits per heavy atom. The number of methoxy groups -OCH3 is 1. The first-order chi connectivity index (χ1) is 12.0. The maximum absolute atomic E-state index is 12.2. The van der Waals surface area contributed by atoms with E-state index in [4.69, 9.17) is 9.47 Å². The van der Waals surface area contributed by atoms with Gasteiger partial charge in [-0.1, -0.05) is 19.9 Å². The third-order valence-electron chi connectivity index (χ3n) is 4.13. The van der Waals surface area contributed by atoms with Crippen molar-refractivity contribution in [2.24, 2.45) is 5.92 Å².